The molecule has 2 heterocycles. The van der Waals surface area contributed by atoms with Gasteiger partial charge in [0.25, 0.3) is 5.91 Å². The van der Waals surface area contributed by atoms with Crippen LogP contribution in [0, 0.1) is 0 Å². The van der Waals surface area contributed by atoms with Crippen LogP contribution >= 0.6 is 38.9 Å². The number of amides is 1. The van der Waals surface area contributed by atoms with Crippen molar-refractivity contribution in [3.8, 4) is 11.3 Å². The lowest BCUT2D eigenvalue weighted by Gasteiger charge is -1.98. The molecule has 122 valence electrons. The van der Waals surface area contributed by atoms with Gasteiger partial charge in [-0.25, -0.2) is 5.43 Å². The second-order valence-corrected chi connectivity index (χ2v) is 7.82. The first-order valence-electron chi connectivity index (χ1n) is 6.94. The van der Waals surface area contributed by atoms with Crippen molar-refractivity contribution in [1.29, 1.82) is 0 Å². The minimum atomic E-state index is -0.349. The molecule has 0 saturated carbocycles. The Morgan fingerprint density at radius 3 is 2.71 bits per heavy atom. The Balaban J connectivity index is 1.71. The molecule has 0 bridgehead atoms. The first kappa shape index (κ1) is 16.9. The number of H-pyrrole nitrogens is 1. The number of halogens is 2. The first-order chi connectivity index (χ1) is 11.5. The largest absolute Gasteiger partial charge is 0.289 e. The van der Waals surface area contributed by atoms with E-state index in [1.807, 2.05) is 31.2 Å². The Morgan fingerprint density at radius 2 is 2.04 bits per heavy atom. The van der Waals surface area contributed by atoms with Crippen molar-refractivity contribution in [1.82, 2.24) is 15.6 Å². The fourth-order valence-electron chi connectivity index (χ4n) is 1.97. The molecule has 0 fully saturated rings. The monoisotopic (exact) mass is 422 g/mol. The third kappa shape index (κ3) is 3.92. The molecular formula is C16H12BrClN4OS. The maximum absolute atomic E-state index is 12.2. The van der Waals surface area contributed by atoms with E-state index in [4.69, 9.17) is 11.6 Å². The molecule has 0 radical (unpaired) electrons. The predicted molar refractivity (Wildman–Crippen MR) is 101 cm³/mol. The third-order valence-corrected chi connectivity index (χ3v) is 5.20. The van der Waals surface area contributed by atoms with E-state index in [1.54, 1.807) is 29.5 Å². The number of nitrogens with one attached hydrogen (secondary N) is 2. The molecule has 0 saturated heterocycles. The molecule has 2 N–H and O–H groups in total. The number of hydrogen-bond acceptors (Lipinski definition) is 4. The zero-order chi connectivity index (χ0) is 17.1. The second kappa shape index (κ2) is 7.29. The lowest BCUT2D eigenvalue weighted by Crippen LogP contribution is -2.19. The fourth-order valence-corrected chi connectivity index (χ4v) is 3.42. The summed E-state index contributed by atoms with van der Waals surface area (Å²) in [4.78, 5) is 13.1. The number of aromatic nitrogens is 2. The van der Waals surface area contributed by atoms with Gasteiger partial charge in [0.05, 0.1) is 20.1 Å². The summed E-state index contributed by atoms with van der Waals surface area (Å²) in [5, 5.41) is 11.6. The Labute approximate surface area is 155 Å². The lowest BCUT2D eigenvalue weighted by atomic mass is 10.1. The first-order valence-corrected chi connectivity index (χ1v) is 8.93. The van der Waals surface area contributed by atoms with Gasteiger partial charge in [0.2, 0.25) is 0 Å². The second-order valence-electron chi connectivity index (χ2n) is 4.92. The molecule has 2 aromatic heterocycles. The van der Waals surface area contributed by atoms with Crippen molar-refractivity contribution in [2.45, 2.75) is 6.92 Å². The highest BCUT2D eigenvalue weighted by Gasteiger charge is 2.11. The Bertz CT molecular complexity index is 901. The fraction of sp³-hybridized carbons (Fsp3) is 0.0625. The van der Waals surface area contributed by atoms with E-state index in [2.05, 4.69) is 36.7 Å². The van der Waals surface area contributed by atoms with Crippen molar-refractivity contribution in [2.75, 3.05) is 0 Å². The summed E-state index contributed by atoms with van der Waals surface area (Å²) in [5.74, 6) is -0.349. The molecule has 3 rings (SSSR count). The van der Waals surface area contributed by atoms with Crippen LogP contribution in [-0.4, -0.2) is 21.8 Å². The molecular weight excluding hydrogens is 412 g/mol. The van der Waals surface area contributed by atoms with Gasteiger partial charge in [0.15, 0.2) is 0 Å². The van der Waals surface area contributed by atoms with Gasteiger partial charge in [0.1, 0.15) is 5.69 Å². The summed E-state index contributed by atoms with van der Waals surface area (Å²) in [7, 11) is 0. The van der Waals surface area contributed by atoms with Crippen molar-refractivity contribution in [3.63, 3.8) is 0 Å². The number of carbonyl (C=O) groups excluding carboxylic acids is 1. The van der Waals surface area contributed by atoms with E-state index in [1.165, 1.54) is 0 Å². The molecule has 0 unspecified atom stereocenters. The summed E-state index contributed by atoms with van der Waals surface area (Å²) in [5.41, 5.74) is 5.14. The molecule has 8 heteroatoms. The van der Waals surface area contributed by atoms with Crippen LogP contribution in [0.3, 0.4) is 0 Å². The number of benzene rings is 1. The number of hydrogen-bond donors (Lipinski definition) is 2. The van der Waals surface area contributed by atoms with Crippen LogP contribution in [-0.2, 0) is 0 Å². The van der Waals surface area contributed by atoms with Gasteiger partial charge in [-0.05, 0) is 53.2 Å². The number of nitrogens with zero attached hydrogens (tertiary/aromatic N) is 2. The van der Waals surface area contributed by atoms with E-state index < -0.39 is 0 Å². The van der Waals surface area contributed by atoms with Gasteiger partial charge in [-0.2, -0.15) is 10.2 Å². The van der Waals surface area contributed by atoms with Crippen LogP contribution < -0.4 is 5.43 Å². The number of thiophene rings is 1. The van der Waals surface area contributed by atoms with Gasteiger partial charge < -0.3 is 0 Å². The molecule has 0 aliphatic heterocycles. The van der Waals surface area contributed by atoms with Crippen LogP contribution in [0.1, 0.15) is 22.3 Å². The molecule has 1 amide bonds. The summed E-state index contributed by atoms with van der Waals surface area (Å²) in [6.07, 6.45) is 0. The smallest absolute Gasteiger partial charge is 0.272 e. The SMILES string of the molecule is CC(=NNC(=O)c1cc(-c2ccc(Cl)cc2)n[nH]1)c1ccc(Br)s1. The topological polar surface area (TPSA) is 70.1 Å². The third-order valence-electron chi connectivity index (χ3n) is 3.22. The Morgan fingerprint density at radius 1 is 1.29 bits per heavy atom. The summed E-state index contributed by atoms with van der Waals surface area (Å²) in [6, 6.07) is 12.8. The van der Waals surface area contributed by atoms with Gasteiger partial charge in [-0.1, -0.05) is 23.7 Å². The zero-order valence-electron chi connectivity index (χ0n) is 12.5. The number of rotatable bonds is 4. The van der Waals surface area contributed by atoms with Crippen LogP contribution in [0.25, 0.3) is 11.3 Å². The molecule has 0 atom stereocenters. The maximum Gasteiger partial charge on any atom is 0.289 e. The molecule has 0 aliphatic carbocycles. The number of carbonyl (C=O) groups is 1. The van der Waals surface area contributed by atoms with E-state index in [9.17, 15) is 4.79 Å². The zero-order valence-corrected chi connectivity index (χ0v) is 15.7. The van der Waals surface area contributed by atoms with E-state index in [0.29, 0.717) is 16.4 Å². The molecule has 3 aromatic rings. The highest BCUT2D eigenvalue weighted by molar-refractivity contribution is 9.11. The van der Waals surface area contributed by atoms with Gasteiger partial charge in [0, 0.05) is 10.6 Å². The average molecular weight is 424 g/mol. The van der Waals surface area contributed by atoms with Crippen LogP contribution in [0.5, 0.6) is 0 Å². The molecule has 1 aromatic carbocycles. The van der Waals surface area contributed by atoms with Gasteiger partial charge >= 0.3 is 0 Å². The van der Waals surface area contributed by atoms with Crippen LogP contribution in [0.2, 0.25) is 5.02 Å². The van der Waals surface area contributed by atoms with Crippen LogP contribution in [0.4, 0.5) is 0 Å². The standard InChI is InChI=1S/C16H12BrClN4OS/c1-9(14-6-7-15(17)24-14)19-22-16(23)13-8-12(20-21-13)10-2-4-11(18)5-3-10/h2-8H,1H3,(H,20,21)(H,22,23). The van der Waals surface area contributed by atoms with Gasteiger partial charge in [-0.15, -0.1) is 11.3 Å². The quantitative estimate of drug-likeness (QED) is 0.471. The molecule has 0 spiro atoms. The molecule has 0 aliphatic rings. The van der Waals surface area contributed by atoms with Crippen molar-refractivity contribution < 1.29 is 4.79 Å². The molecule has 24 heavy (non-hydrogen) atoms. The Kier molecular flexibility index (Phi) is 5.13. The minimum absolute atomic E-state index is 0.337. The normalized spacial score (nSPS) is 11.5. The van der Waals surface area contributed by atoms with Crippen molar-refractivity contribution in [2.24, 2.45) is 5.10 Å². The maximum atomic E-state index is 12.2. The highest BCUT2D eigenvalue weighted by Crippen LogP contribution is 2.22. The highest BCUT2D eigenvalue weighted by atomic mass is 79.9. The number of hydrazone groups is 1. The van der Waals surface area contributed by atoms with Gasteiger partial charge in [-0.3, -0.25) is 9.89 Å². The lowest BCUT2D eigenvalue weighted by molar-refractivity contribution is 0.0950. The molecule has 5 nitrogen and oxygen atoms in total. The summed E-state index contributed by atoms with van der Waals surface area (Å²) >= 11 is 10.8. The van der Waals surface area contributed by atoms with Crippen LogP contribution in [0.15, 0.2) is 51.4 Å². The Hall–Kier alpha value is -1.96. The summed E-state index contributed by atoms with van der Waals surface area (Å²) < 4.78 is 1.01. The average Bonchev–Trinajstić information content (AvgIpc) is 3.22. The predicted octanol–water partition coefficient (Wildman–Crippen LogP) is 4.71. The van der Waals surface area contributed by atoms with Crippen molar-refractivity contribution >= 4 is 50.5 Å². The number of aromatic amines is 1. The summed E-state index contributed by atoms with van der Waals surface area (Å²) in [6.45, 7) is 1.84. The van der Waals surface area contributed by atoms with Crippen molar-refractivity contribution in [3.05, 3.63) is 61.8 Å². The minimum Gasteiger partial charge on any atom is -0.272 e. The van der Waals surface area contributed by atoms with E-state index >= 15 is 0 Å². The van der Waals surface area contributed by atoms with E-state index in [0.717, 1.165) is 19.9 Å². The van der Waals surface area contributed by atoms with E-state index in [-0.39, 0.29) is 5.91 Å².